The summed E-state index contributed by atoms with van der Waals surface area (Å²) in [6.07, 6.45) is 6.89. The molecule has 0 aromatic rings. The van der Waals surface area contributed by atoms with Gasteiger partial charge in [-0.2, -0.15) is 0 Å². The first-order valence-electron chi connectivity index (χ1n) is 5.04. The van der Waals surface area contributed by atoms with E-state index in [1.165, 1.54) is 6.92 Å². The second kappa shape index (κ2) is 7.36. The van der Waals surface area contributed by atoms with E-state index in [1.54, 1.807) is 0 Å². The summed E-state index contributed by atoms with van der Waals surface area (Å²) in [5, 5.41) is 0. The van der Waals surface area contributed by atoms with Crippen molar-refractivity contribution in [2.45, 2.75) is 46.1 Å². The van der Waals surface area contributed by atoms with Gasteiger partial charge in [0.2, 0.25) is 0 Å². The summed E-state index contributed by atoms with van der Waals surface area (Å²) in [7, 11) is 0. The van der Waals surface area contributed by atoms with Gasteiger partial charge < -0.3 is 4.74 Å². The average Bonchev–Trinajstić information content (AvgIpc) is 2.02. The highest BCUT2D eigenvalue weighted by atomic mass is 16.5. The maximum absolute atomic E-state index is 10.6. The maximum atomic E-state index is 10.6. The van der Waals surface area contributed by atoms with Crippen LogP contribution in [0.2, 0.25) is 0 Å². The van der Waals surface area contributed by atoms with Crippen molar-refractivity contribution in [1.82, 2.24) is 0 Å². The van der Waals surface area contributed by atoms with E-state index in [0.29, 0.717) is 0 Å². The van der Waals surface area contributed by atoms with Crippen LogP contribution in [-0.4, -0.2) is 12.1 Å². The lowest BCUT2D eigenvalue weighted by atomic mass is 10.1. The smallest absolute Gasteiger partial charge is 0.302 e. The molecule has 0 radical (unpaired) electrons. The van der Waals surface area contributed by atoms with Crippen LogP contribution in [0.15, 0.2) is 24.3 Å². The molecular weight excluding hydrogens is 176 g/mol. The molecule has 0 spiro atoms. The van der Waals surface area contributed by atoms with E-state index in [9.17, 15) is 4.79 Å². The molecule has 0 saturated carbocycles. The van der Waals surface area contributed by atoms with E-state index in [4.69, 9.17) is 4.74 Å². The Morgan fingerprint density at radius 3 is 2.71 bits per heavy atom. The molecule has 1 unspecified atom stereocenters. The molecule has 0 aromatic carbocycles. The second-order valence-electron chi connectivity index (χ2n) is 3.47. The van der Waals surface area contributed by atoms with Gasteiger partial charge in [0.25, 0.3) is 0 Å². The first-order valence-corrected chi connectivity index (χ1v) is 5.04. The maximum Gasteiger partial charge on any atom is 0.302 e. The van der Waals surface area contributed by atoms with Crippen LogP contribution in [0.3, 0.4) is 0 Å². The van der Waals surface area contributed by atoms with E-state index in [-0.39, 0.29) is 12.1 Å². The van der Waals surface area contributed by atoms with Crippen LogP contribution in [0.25, 0.3) is 0 Å². The van der Waals surface area contributed by atoms with Gasteiger partial charge in [-0.15, -0.1) is 0 Å². The minimum Gasteiger partial charge on any atom is -0.463 e. The van der Waals surface area contributed by atoms with E-state index in [2.05, 4.69) is 6.58 Å². The molecule has 2 nitrogen and oxygen atoms in total. The molecule has 80 valence electrons. The lowest BCUT2D eigenvalue weighted by molar-refractivity contribution is -0.145. The Labute approximate surface area is 86.6 Å². The molecule has 0 aliphatic heterocycles. The number of hydrogen-bond acceptors (Lipinski definition) is 2. The summed E-state index contributed by atoms with van der Waals surface area (Å²) in [5.74, 6) is -0.204. The molecule has 2 heteroatoms. The molecule has 0 amide bonds. The zero-order valence-corrected chi connectivity index (χ0v) is 9.38. The fraction of sp³-hybridized carbons (Fsp3) is 0.583. The topological polar surface area (TPSA) is 26.3 Å². The summed E-state index contributed by atoms with van der Waals surface area (Å²) in [6, 6.07) is 0. The van der Waals surface area contributed by atoms with Crippen molar-refractivity contribution >= 4 is 5.97 Å². The molecule has 0 aromatic heterocycles. The molecule has 0 N–H and O–H groups in total. The van der Waals surface area contributed by atoms with Crippen molar-refractivity contribution in [3.8, 4) is 0 Å². The van der Waals surface area contributed by atoms with E-state index in [0.717, 1.165) is 24.8 Å². The minimum absolute atomic E-state index is 0.0194. The molecule has 1 atom stereocenters. The highest BCUT2D eigenvalue weighted by molar-refractivity contribution is 5.66. The van der Waals surface area contributed by atoms with Gasteiger partial charge in [-0.05, 0) is 33.1 Å². The normalized spacial score (nSPS) is 12.8. The van der Waals surface area contributed by atoms with Crippen LogP contribution >= 0.6 is 0 Å². The average molecular weight is 196 g/mol. The Hall–Kier alpha value is -1.05. The summed E-state index contributed by atoms with van der Waals surface area (Å²) in [4.78, 5) is 10.6. The van der Waals surface area contributed by atoms with E-state index in [1.807, 2.05) is 26.0 Å². The quantitative estimate of drug-likeness (QED) is 0.481. The Bertz CT molecular complexity index is 216. The summed E-state index contributed by atoms with van der Waals surface area (Å²) >= 11 is 0. The van der Waals surface area contributed by atoms with E-state index < -0.39 is 0 Å². The molecular formula is C12H20O2. The fourth-order valence-electron chi connectivity index (χ4n) is 1.28. The van der Waals surface area contributed by atoms with Gasteiger partial charge in [-0.3, -0.25) is 4.79 Å². The Kier molecular flexibility index (Phi) is 6.81. The van der Waals surface area contributed by atoms with Gasteiger partial charge >= 0.3 is 5.97 Å². The van der Waals surface area contributed by atoms with Gasteiger partial charge in [0.05, 0.1) is 6.10 Å². The van der Waals surface area contributed by atoms with Crippen LogP contribution in [0, 0.1) is 0 Å². The summed E-state index contributed by atoms with van der Waals surface area (Å²) in [5.41, 5.74) is 1.13. The Morgan fingerprint density at radius 2 is 2.21 bits per heavy atom. The van der Waals surface area contributed by atoms with Gasteiger partial charge in [0.15, 0.2) is 0 Å². The number of ether oxygens (including phenoxy) is 1. The zero-order valence-electron chi connectivity index (χ0n) is 9.38. The van der Waals surface area contributed by atoms with Crippen molar-refractivity contribution < 1.29 is 9.53 Å². The SMILES string of the molecule is C=C(C=CC)CCCC(C)OC(C)=O. The molecule has 0 bridgehead atoms. The summed E-state index contributed by atoms with van der Waals surface area (Å²) in [6.45, 7) is 9.24. The first-order chi connectivity index (χ1) is 6.56. The second-order valence-corrected chi connectivity index (χ2v) is 3.47. The molecule has 0 rings (SSSR count). The van der Waals surface area contributed by atoms with Crippen LogP contribution in [0.4, 0.5) is 0 Å². The number of hydrogen-bond donors (Lipinski definition) is 0. The van der Waals surface area contributed by atoms with Gasteiger partial charge in [-0.25, -0.2) is 0 Å². The third-order valence-corrected chi connectivity index (χ3v) is 1.88. The molecule has 0 aliphatic carbocycles. The number of esters is 1. The lowest BCUT2D eigenvalue weighted by Crippen LogP contribution is -2.11. The van der Waals surface area contributed by atoms with Gasteiger partial charge in [0, 0.05) is 6.92 Å². The molecule has 0 fully saturated rings. The Balaban J connectivity index is 3.53. The highest BCUT2D eigenvalue weighted by Gasteiger charge is 2.04. The van der Waals surface area contributed by atoms with E-state index >= 15 is 0 Å². The summed E-state index contributed by atoms with van der Waals surface area (Å²) < 4.78 is 5.01. The van der Waals surface area contributed by atoms with Crippen molar-refractivity contribution in [2.24, 2.45) is 0 Å². The number of rotatable bonds is 6. The minimum atomic E-state index is -0.204. The molecule has 0 heterocycles. The van der Waals surface area contributed by atoms with Gasteiger partial charge in [-0.1, -0.05) is 24.3 Å². The highest BCUT2D eigenvalue weighted by Crippen LogP contribution is 2.10. The third-order valence-electron chi connectivity index (χ3n) is 1.88. The van der Waals surface area contributed by atoms with Crippen LogP contribution in [0.1, 0.15) is 40.0 Å². The fourth-order valence-corrected chi connectivity index (χ4v) is 1.28. The van der Waals surface area contributed by atoms with Crippen molar-refractivity contribution in [2.75, 3.05) is 0 Å². The van der Waals surface area contributed by atoms with Crippen LogP contribution < -0.4 is 0 Å². The predicted molar refractivity (Wildman–Crippen MR) is 59.0 cm³/mol. The molecule has 0 aliphatic rings. The number of allylic oxidation sites excluding steroid dienone is 3. The zero-order chi connectivity index (χ0) is 11.0. The van der Waals surface area contributed by atoms with Crippen molar-refractivity contribution in [1.29, 1.82) is 0 Å². The first kappa shape index (κ1) is 12.9. The molecule has 0 saturated heterocycles. The Morgan fingerprint density at radius 1 is 1.57 bits per heavy atom. The number of carbonyl (C=O) groups excluding carboxylic acids is 1. The molecule has 14 heavy (non-hydrogen) atoms. The monoisotopic (exact) mass is 196 g/mol. The third kappa shape index (κ3) is 7.59. The van der Waals surface area contributed by atoms with Crippen LogP contribution in [-0.2, 0) is 9.53 Å². The van der Waals surface area contributed by atoms with Crippen LogP contribution in [0.5, 0.6) is 0 Å². The largest absolute Gasteiger partial charge is 0.463 e. The van der Waals surface area contributed by atoms with Crippen molar-refractivity contribution in [3.63, 3.8) is 0 Å². The predicted octanol–water partition coefficient (Wildman–Crippen LogP) is 3.24. The lowest BCUT2D eigenvalue weighted by Gasteiger charge is -2.11. The van der Waals surface area contributed by atoms with Gasteiger partial charge in [0.1, 0.15) is 0 Å². The number of carbonyl (C=O) groups is 1. The standard InChI is InChI=1S/C12H20O2/c1-5-7-10(2)8-6-9-11(3)14-12(4)13/h5,7,11H,2,6,8-9H2,1,3-4H3. The van der Waals surface area contributed by atoms with Crippen molar-refractivity contribution in [3.05, 3.63) is 24.3 Å².